The zero-order valence-corrected chi connectivity index (χ0v) is 15.9. The van der Waals surface area contributed by atoms with Gasteiger partial charge in [-0.2, -0.15) is 5.10 Å². The number of amides is 2. The number of hydrogen-bond donors (Lipinski definition) is 1. The summed E-state index contributed by atoms with van der Waals surface area (Å²) < 4.78 is 28.9. The van der Waals surface area contributed by atoms with Crippen LogP contribution in [0.15, 0.2) is 24.3 Å². The van der Waals surface area contributed by atoms with Crippen LogP contribution in [-0.4, -0.2) is 52.9 Å². The third-order valence-electron chi connectivity index (χ3n) is 4.74. The average Bonchev–Trinajstić information content (AvgIpc) is 2.92. The number of carbonyl (C=O) groups is 1. The van der Waals surface area contributed by atoms with Gasteiger partial charge in [0.05, 0.1) is 17.9 Å². The van der Waals surface area contributed by atoms with Gasteiger partial charge in [-0.15, -0.1) is 0 Å². The Bertz CT molecular complexity index is 814. The maximum atomic E-state index is 13.9. The number of anilines is 1. The molecule has 3 rings (SSSR count). The lowest BCUT2D eigenvalue weighted by atomic mass is 10.2. The number of piperazine rings is 1. The van der Waals surface area contributed by atoms with Gasteiger partial charge in [-0.05, 0) is 39.0 Å². The van der Waals surface area contributed by atoms with Crippen LogP contribution >= 0.6 is 0 Å². The number of nitrogens with zero attached hydrogens (tertiary/aromatic N) is 4. The molecule has 146 valence electrons. The molecule has 27 heavy (non-hydrogen) atoms. The lowest BCUT2D eigenvalue weighted by Gasteiger charge is -2.36. The number of halogens is 2. The van der Waals surface area contributed by atoms with Gasteiger partial charge in [0.25, 0.3) is 0 Å². The summed E-state index contributed by atoms with van der Waals surface area (Å²) in [4.78, 5) is 16.0. The number of rotatable bonds is 4. The Labute approximate surface area is 157 Å². The van der Waals surface area contributed by atoms with Gasteiger partial charge in [-0.25, -0.2) is 13.6 Å². The Morgan fingerprint density at radius 2 is 1.89 bits per heavy atom. The molecule has 1 N–H and O–H groups in total. The Hall–Kier alpha value is -2.64. The Morgan fingerprint density at radius 3 is 2.48 bits per heavy atom. The van der Waals surface area contributed by atoms with E-state index in [9.17, 15) is 13.6 Å². The first-order chi connectivity index (χ1) is 12.8. The van der Waals surface area contributed by atoms with E-state index < -0.39 is 11.6 Å². The Morgan fingerprint density at radius 1 is 1.19 bits per heavy atom. The second kappa shape index (κ2) is 7.94. The summed E-state index contributed by atoms with van der Waals surface area (Å²) in [6.07, 6.45) is 0. The summed E-state index contributed by atoms with van der Waals surface area (Å²) in [7, 11) is 0. The van der Waals surface area contributed by atoms with E-state index in [0.717, 1.165) is 17.5 Å². The van der Waals surface area contributed by atoms with E-state index in [1.54, 1.807) is 4.90 Å². The van der Waals surface area contributed by atoms with E-state index in [-0.39, 0.29) is 12.1 Å². The van der Waals surface area contributed by atoms with Gasteiger partial charge in [0.1, 0.15) is 11.6 Å². The predicted molar refractivity (Wildman–Crippen MR) is 99.8 cm³/mol. The summed E-state index contributed by atoms with van der Waals surface area (Å²) in [5.41, 5.74) is 2.38. The number of nitrogens with one attached hydrogen (secondary N) is 1. The van der Waals surface area contributed by atoms with Gasteiger partial charge in [0.2, 0.25) is 0 Å². The Balaban J connectivity index is 1.51. The van der Waals surface area contributed by atoms with Gasteiger partial charge >= 0.3 is 6.03 Å². The molecule has 2 amide bonds. The van der Waals surface area contributed by atoms with Crippen LogP contribution in [0.1, 0.15) is 18.3 Å². The lowest BCUT2D eigenvalue weighted by molar-refractivity contribution is 0.189. The number of aromatic nitrogens is 2. The Kier molecular flexibility index (Phi) is 5.62. The minimum absolute atomic E-state index is 0.0666. The predicted octanol–water partition coefficient (Wildman–Crippen LogP) is 2.70. The molecular weight excluding hydrogens is 352 g/mol. The van der Waals surface area contributed by atoms with Crippen LogP contribution in [0.3, 0.4) is 0 Å². The van der Waals surface area contributed by atoms with Crippen molar-refractivity contribution >= 4 is 11.7 Å². The molecule has 0 saturated carbocycles. The molecular formula is C19H25F2N5O. The van der Waals surface area contributed by atoms with Crippen molar-refractivity contribution in [2.75, 3.05) is 31.1 Å². The topological polar surface area (TPSA) is 53.4 Å². The van der Waals surface area contributed by atoms with Crippen molar-refractivity contribution in [2.24, 2.45) is 0 Å². The molecule has 0 aliphatic carbocycles. The highest BCUT2D eigenvalue weighted by Gasteiger charge is 2.24. The van der Waals surface area contributed by atoms with E-state index in [0.29, 0.717) is 38.4 Å². The van der Waals surface area contributed by atoms with Crippen LogP contribution in [-0.2, 0) is 6.54 Å². The molecule has 1 atom stereocenters. The molecule has 2 aromatic rings. The fraction of sp³-hybridized carbons (Fsp3) is 0.474. The average molecular weight is 377 g/mol. The monoisotopic (exact) mass is 377 g/mol. The van der Waals surface area contributed by atoms with E-state index in [2.05, 4.69) is 10.4 Å². The van der Waals surface area contributed by atoms with Gasteiger partial charge < -0.3 is 15.1 Å². The van der Waals surface area contributed by atoms with Crippen LogP contribution in [0.4, 0.5) is 19.3 Å². The molecule has 0 radical (unpaired) electrons. The van der Waals surface area contributed by atoms with Gasteiger partial charge in [0.15, 0.2) is 0 Å². The van der Waals surface area contributed by atoms with Crippen molar-refractivity contribution in [3.63, 3.8) is 0 Å². The van der Waals surface area contributed by atoms with E-state index >= 15 is 0 Å². The van der Waals surface area contributed by atoms with Crippen molar-refractivity contribution in [1.29, 1.82) is 0 Å². The first kappa shape index (κ1) is 19.1. The second-order valence-corrected chi connectivity index (χ2v) is 7.03. The lowest BCUT2D eigenvalue weighted by Crippen LogP contribution is -2.53. The van der Waals surface area contributed by atoms with Crippen molar-refractivity contribution in [3.8, 4) is 0 Å². The first-order valence-electron chi connectivity index (χ1n) is 9.10. The van der Waals surface area contributed by atoms with E-state index in [1.807, 2.05) is 36.4 Å². The molecule has 1 aromatic heterocycles. The normalized spacial score (nSPS) is 15.7. The van der Waals surface area contributed by atoms with Crippen molar-refractivity contribution in [3.05, 3.63) is 47.3 Å². The standard InChI is InChI=1S/C19H25F2N5O/c1-13-10-15(3)26(23-13)12-14(2)22-19(27)25-8-6-24(7-9-25)18-5-4-16(20)11-17(18)21/h4-5,10-11,14H,6-9,12H2,1-3H3,(H,22,27). The fourth-order valence-electron chi connectivity index (χ4n) is 3.36. The zero-order valence-electron chi connectivity index (χ0n) is 15.9. The quantitative estimate of drug-likeness (QED) is 0.891. The van der Waals surface area contributed by atoms with E-state index in [1.165, 1.54) is 12.1 Å². The highest BCUT2D eigenvalue weighted by atomic mass is 19.1. The molecule has 1 unspecified atom stereocenters. The zero-order chi connectivity index (χ0) is 19.6. The number of benzene rings is 1. The summed E-state index contributed by atoms with van der Waals surface area (Å²) >= 11 is 0. The molecule has 1 aliphatic rings. The minimum atomic E-state index is -0.592. The van der Waals surface area contributed by atoms with Crippen LogP contribution < -0.4 is 10.2 Å². The second-order valence-electron chi connectivity index (χ2n) is 7.03. The van der Waals surface area contributed by atoms with Crippen molar-refractivity contribution < 1.29 is 13.6 Å². The summed E-state index contributed by atoms with van der Waals surface area (Å²) in [5.74, 6) is -1.17. The van der Waals surface area contributed by atoms with Gasteiger partial charge in [-0.3, -0.25) is 4.68 Å². The van der Waals surface area contributed by atoms with Gasteiger partial charge in [0, 0.05) is 44.0 Å². The molecule has 1 fully saturated rings. The third kappa shape index (κ3) is 4.56. The molecule has 6 nitrogen and oxygen atoms in total. The van der Waals surface area contributed by atoms with Crippen LogP contribution in [0, 0.1) is 25.5 Å². The SMILES string of the molecule is Cc1cc(C)n(CC(C)NC(=O)N2CCN(c3ccc(F)cc3F)CC2)n1. The molecule has 8 heteroatoms. The molecule has 0 spiro atoms. The molecule has 1 aliphatic heterocycles. The van der Waals surface area contributed by atoms with Crippen molar-refractivity contribution in [2.45, 2.75) is 33.4 Å². The summed E-state index contributed by atoms with van der Waals surface area (Å²) in [5, 5.41) is 7.40. The summed E-state index contributed by atoms with van der Waals surface area (Å²) in [6.45, 7) is 8.44. The largest absolute Gasteiger partial charge is 0.366 e. The molecule has 1 aromatic carbocycles. The fourth-order valence-corrected chi connectivity index (χ4v) is 3.36. The third-order valence-corrected chi connectivity index (χ3v) is 4.74. The summed E-state index contributed by atoms with van der Waals surface area (Å²) in [6, 6.07) is 5.37. The van der Waals surface area contributed by atoms with Crippen LogP contribution in [0.5, 0.6) is 0 Å². The highest BCUT2D eigenvalue weighted by molar-refractivity contribution is 5.74. The van der Waals surface area contributed by atoms with Crippen LogP contribution in [0.2, 0.25) is 0 Å². The van der Waals surface area contributed by atoms with Crippen molar-refractivity contribution in [1.82, 2.24) is 20.0 Å². The maximum absolute atomic E-state index is 13.9. The number of urea groups is 1. The molecule has 2 heterocycles. The highest BCUT2D eigenvalue weighted by Crippen LogP contribution is 2.21. The molecule has 1 saturated heterocycles. The molecule has 0 bridgehead atoms. The maximum Gasteiger partial charge on any atom is 0.317 e. The number of carbonyl (C=O) groups excluding carboxylic acids is 1. The number of hydrogen-bond acceptors (Lipinski definition) is 3. The minimum Gasteiger partial charge on any atom is -0.366 e. The smallest absolute Gasteiger partial charge is 0.317 e. The first-order valence-corrected chi connectivity index (χ1v) is 9.10. The number of aryl methyl sites for hydroxylation is 2. The van der Waals surface area contributed by atoms with Gasteiger partial charge in [-0.1, -0.05) is 0 Å². The van der Waals surface area contributed by atoms with E-state index in [4.69, 9.17) is 0 Å². The van der Waals surface area contributed by atoms with Crippen LogP contribution in [0.25, 0.3) is 0 Å².